The molecule has 110 valence electrons. The van der Waals surface area contributed by atoms with E-state index in [0.717, 1.165) is 19.3 Å². The smallest absolute Gasteiger partial charge is 0.305 e. The first-order valence-corrected chi connectivity index (χ1v) is 7.69. The molecule has 0 fully saturated rings. The molecule has 2 nitrogen and oxygen atoms in total. The number of rotatable bonds is 12. The first-order chi connectivity index (χ1) is 9.31. The number of methoxy groups -OCH3 is 1. The molecule has 0 bridgehead atoms. The Morgan fingerprint density at radius 2 is 1.47 bits per heavy atom. The Morgan fingerprint density at radius 3 is 2.11 bits per heavy atom. The molecule has 0 N–H and O–H groups in total. The minimum atomic E-state index is -0.0854. The molecular formula is C17H30O2. The number of unbranched alkanes of at least 4 members (excludes halogenated alkanes) is 7. The van der Waals surface area contributed by atoms with Crippen molar-refractivity contribution in [3.8, 4) is 0 Å². The summed E-state index contributed by atoms with van der Waals surface area (Å²) in [5, 5.41) is 0. The molecule has 0 aliphatic heterocycles. The highest BCUT2D eigenvalue weighted by atomic mass is 16.5. The second kappa shape index (κ2) is 15.0. The Balaban J connectivity index is 3.20. The standard InChI is InChI=1S/C17H30O2/c1-3-4-5-6-7-8-9-10-11-12-13-14-15-16-17(18)19-2/h6-9H,3-5,10-16H2,1-2H3/b7-6+,9-8+. The Morgan fingerprint density at radius 1 is 0.895 bits per heavy atom. The molecule has 19 heavy (non-hydrogen) atoms. The number of carbonyl (C=O) groups excluding carboxylic acids is 1. The van der Waals surface area contributed by atoms with Gasteiger partial charge in [-0.15, -0.1) is 0 Å². The summed E-state index contributed by atoms with van der Waals surface area (Å²) in [6, 6.07) is 0. The maximum Gasteiger partial charge on any atom is 0.305 e. The molecule has 0 aromatic carbocycles. The van der Waals surface area contributed by atoms with Gasteiger partial charge in [0.25, 0.3) is 0 Å². The van der Waals surface area contributed by atoms with Crippen LogP contribution in [0.1, 0.15) is 71.1 Å². The van der Waals surface area contributed by atoms with Crippen molar-refractivity contribution in [1.29, 1.82) is 0 Å². The van der Waals surface area contributed by atoms with Crippen molar-refractivity contribution in [3.05, 3.63) is 24.3 Å². The fourth-order valence-corrected chi connectivity index (χ4v) is 1.84. The van der Waals surface area contributed by atoms with Crippen molar-refractivity contribution in [2.75, 3.05) is 7.11 Å². The molecule has 0 unspecified atom stereocenters. The van der Waals surface area contributed by atoms with E-state index in [0.29, 0.717) is 6.42 Å². The SMILES string of the molecule is CCCC/C=C/C=C/CCCCCCCC(=O)OC. The van der Waals surface area contributed by atoms with Gasteiger partial charge in [-0.05, 0) is 25.7 Å². The molecule has 0 radical (unpaired) electrons. The Hall–Kier alpha value is -1.05. The van der Waals surface area contributed by atoms with E-state index in [-0.39, 0.29) is 5.97 Å². The van der Waals surface area contributed by atoms with Crippen LogP contribution in [0.2, 0.25) is 0 Å². The first kappa shape index (κ1) is 17.9. The van der Waals surface area contributed by atoms with Crippen LogP contribution in [0, 0.1) is 0 Å². The molecule has 0 aliphatic carbocycles. The van der Waals surface area contributed by atoms with Crippen LogP contribution in [0.4, 0.5) is 0 Å². The topological polar surface area (TPSA) is 26.3 Å². The van der Waals surface area contributed by atoms with E-state index in [1.807, 2.05) is 0 Å². The summed E-state index contributed by atoms with van der Waals surface area (Å²) in [7, 11) is 1.45. The van der Waals surface area contributed by atoms with E-state index >= 15 is 0 Å². The number of hydrogen-bond donors (Lipinski definition) is 0. The highest BCUT2D eigenvalue weighted by Crippen LogP contribution is 2.08. The van der Waals surface area contributed by atoms with Crippen LogP contribution < -0.4 is 0 Å². The second-order valence-electron chi connectivity index (χ2n) is 4.88. The summed E-state index contributed by atoms with van der Waals surface area (Å²) in [6.45, 7) is 2.22. The lowest BCUT2D eigenvalue weighted by Gasteiger charge is -1.99. The minimum absolute atomic E-state index is 0.0854. The van der Waals surface area contributed by atoms with Crippen molar-refractivity contribution >= 4 is 5.97 Å². The van der Waals surface area contributed by atoms with Crippen LogP contribution in [0.15, 0.2) is 24.3 Å². The van der Waals surface area contributed by atoms with Crippen molar-refractivity contribution < 1.29 is 9.53 Å². The van der Waals surface area contributed by atoms with Crippen molar-refractivity contribution in [3.63, 3.8) is 0 Å². The lowest BCUT2D eigenvalue weighted by molar-refractivity contribution is -0.140. The zero-order chi connectivity index (χ0) is 14.2. The van der Waals surface area contributed by atoms with Crippen LogP contribution >= 0.6 is 0 Å². The van der Waals surface area contributed by atoms with Gasteiger partial charge in [0, 0.05) is 6.42 Å². The number of carbonyl (C=O) groups is 1. The highest BCUT2D eigenvalue weighted by Gasteiger charge is 1.98. The van der Waals surface area contributed by atoms with E-state index in [1.54, 1.807) is 0 Å². The predicted molar refractivity (Wildman–Crippen MR) is 82.1 cm³/mol. The summed E-state index contributed by atoms with van der Waals surface area (Å²) in [6.07, 6.45) is 20.1. The normalized spacial score (nSPS) is 11.5. The molecule has 0 rings (SSSR count). The first-order valence-electron chi connectivity index (χ1n) is 7.69. The molecule has 2 heteroatoms. The molecule has 0 aromatic heterocycles. The zero-order valence-electron chi connectivity index (χ0n) is 12.7. The van der Waals surface area contributed by atoms with Gasteiger partial charge in [0.05, 0.1) is 7.11 Å². The maximum absolute atomic E-state index is 10.9. The lowest BCUT2D eigenvalue weighted by Crippen LogP contribution is -1.98. The van der Waals surface area contributed by atoms with E-state index in [1.165, 1.54) is 45.6 Å². The molecule has 0 spiro atoms. The van der Waals surface area contributed by atoms with Gasteiger partial charge in [0.2, 0.25) is 0 Å². The fourth-order valence-electron chi connectivity index (χ4n) is 1.84. The molecule has 0 saturated heterocycles. The third-order valence-electron chi connectivity index (χ3n) is 3.09. The van der Waals surface area contributed by atoms with Crippen LogP contribution in [0.5, 0.6) is 0 Å². The second-order valence-corrected chi connectivity index (χ2v) is 4.88. The van der Waals surface area contributed by atoms with Gasteiger partial charge in [0.1, 0.15) is 0 Å². The van der Waals surface area contributed by atoms with Crippen LogP contribution in [0.3, 0.4) is 0 Å². The van der Waals surface area contributed by atoms with Crippen molar-refractivity contribution in [2.45, 2.75) is 71.1 Å². The third kappa shape index (κ3) is 14.9. The van der Waals surface area contributed by atoms with E-state index in [2.05, 4.69) is 36.0 Å². The van der Waals surface area contributed by atoms with Crippen LogP contribution in [-0.4, -0.2) is 13.1 Å². The third-order valence-corrected chi connectivity index (χ3v) is 3.09. The number of ether oxygens (including phenoxy) is 1. The number of allylic oxidation sites excluding steroid dienone is 4. The molecule has 0 saturated carbocycles. The van der Waals surface area contributed by atoms with Crippen molar-refractivity contribution in [1.82, 2.24) is 0 Å². The van der Waals surface area contributed by atoms with Gasteiger partial charge in [-0.25, -0.2) is 0 Å². The van der Waals surface area contributed by atoms with Gasteiger partial charge >= 0.3 is 5.97 Å². The Labute approximate surface area is 118 Å². The molecular weight excluding hydrogens is 236 g/mol. The number of hydrogen-bond acceptors (Lipinski definition) is 2. The minimum Gasteiger partial charge on any atom is -0.469 e. The average Bonchev–Trinajstić information content (AvgIpc) is 2.43. The zero-order valence-corrected chi connectivity index (χ0v) is 12.7. The largest absolute Gasteiger partial charge is 0.469 e. The van der Waals surface area contributed by atoms with Gasteiger partial charge in [-0.3, -0.25) is 4.79 Å². The number of esters is 1. The van der Waals surface area contributed by atoms with Crippen LogP contribution in [-0.2, 0) is 9.53 Å². The molecule has 0 aliphatic rings. The quantitative estimate of drug-likeness (QED) is 0.276. The average molecular weight is 266 g/mol. The predicted octanol–water partition coefficient (Wildman–Crippen LogP) is 5.19. The van der Waals surface area contributed by atoms with Gasteiger partial charge in [-0.2, -0.15) is 0 Å². The fraction of sp³-hybridized carbons (Fsp3) is 0.706. The maximum atomic E-state index is 10.9. The Bertz CT molecular complexity index is 254. The van der Waals surface area contributed by atoms with Gasteiger partial charge in [0.15, 0.2) is 0 Å². The summed E-state index contributed by atoms with van der Waals surface area (Å²) >= 11 is 0. The summed E-state index contributed by atoms with van der Waals surface area (Å²) < 4.78 is 4.60. The van der Waals surface area contributed by atoms with Gasteiger partial charge < -0.3 is 4.74 Å². The molecule has 0 atom stereocenters. The monoisotopic (exact) mass is 266 g/mol. The van der Waals surface area contributed by atoms with Crippen LogP contribution in [0.25, 0.3) is 0 Å². The van der Waals surface area contributed by atoms with E-state index < -0.39 is 0 Å². The molecule has 0 amide bonds. The van der Waals surface area contributed by atoms with E-state index in [4.69, 9.17) is 0 Å². The summed E-state index contributed by atoms with van der Waals surface area (Å²) in [4.78, 5) is 10.9. The summed E-state index contributed by atoms with van der Waals surface area (Å²) in [5.41, 5.74) is 0. The lowest BCUT2D eigenvalue weighted by atomic mass is 10.1. The molecule has 0 heterocycles. The highest BCUT2D eigenvalue weighted by molar-refractivity contribution is 5.68. The summed E-state index contributed by atoms with van der Waals surface area (Å²) in [5.74, 6) is -0.0854. The Kier molecular flexibility index (Phi) is 14.2. The molecule has 0 aromatic rings. The van der Waals surface area contributed by atoms with Gasteiger partial charge in [-0.1, -0.05) is 63.3 Å². The van der Waals surface area contributed by atoms with E-state index in [9.17, 15) is 4.79 Å². The van der Waals surface area contributed by atoms with Crippen molar-refractivity contribution in [2.24, 2.45) is 0 Å².